The summed E-state index contributed by atoms with van der Waals surface area (Å²) in [5.74, 6) is 0.539. The van der Waals surface area contributed by atoms with Crippen LogP contribution in [0.3, 0.4) is 0 Å². The Morgan fingerprint density at radius 1 is 0.893 bits per heavy atom. The minimum Gasteiger partial charge on any atom is -0.451 e. The molecule has 0 spiro atoms. The second-order valence-electron chi connectivity index (χ2n) is 6.67. The Bertz CT molecular complexity index is 1280. The van der Waals surface area contributed by atoms with Gasteiger partial charge in [0.05, 0.1) is 0 Å². The number of fused-ring (bicyclic) bond motifs is 2. The molecule has 2 aromatic heterocycles. The number of para-hydroxylation sites is 1. The summed E-state index contributed by atoms with van der Waals surface area (Å²) in [6, 6.07) is 22.5. The van der Waals surface area contributed by atoms with Crippen molar-refractivity contribution in [2.24, 2.45) is 0 Å². The topological polar surface area (TPSA) is 68.3 Å². The van der Waals surface area contributed by atoms with E-state index < -0.39 is 0 Å². The first-order valence-electron chi connectivity index (χ1n) is 8.93. The van der Waals surface area contributed by atoms with Crippen LogP contribution in [0.4, 0.5) is 5.69 Å². The summed E-state index contributed by atoms with van der Waals surface area (Å²) in [6.07, 6.45) is 0. The summed E-state index contributed by atoms with van der Waals surface area (Å²) >= 11 is 0. The van der Waals surface area contributed by atoms with Gasteiger partial charge in [-0.1, -0.05) is 24.3 Å². The van der Waals surface area contributed by atoms with E-state index in [1.165, 1.54) is 0 Å². The molecular weight excluding hydrogens is 352 g/mol. The summed E-state index contributed by atoms with van der Waals surface area (Å²) in [4.78, 5) is 17.0. The number of rotatable bonds is 3. The molecular formula is C23H16N2O3. The Kier molecular flexibility index (Phi) is 3.72. The Morgan fingerprint density at radius 2 is 1.71 bits per heavy atom. The zero-order valence-corrected chi connectivity index (χ0v) is 15.1. The van der Waals surface area contributed by atoms with Crippen molar-refractivity contribution in [1.29, 1.82) is 0 Å². The van der Waals surface area contributed by atoms with E-state index in [9.17, 15) is 4.79 Å². The number of amides is 1. The van der Waals surface area contributed by atoms with Gasteiger partial charge in [0.25, 0.3) is 5.91 Å². The SMILES string of the molecule is Cc1ccc2nc(-c3ccc(NC(=O)c4cc5ccccc5o4)cc3)oc2c1. The fourth-order valence-corrected chi connectivity index (χ4v) is 3.14. The number of nitrogens with zero attached hydrogens (tertiary/aromatic N) is 1. The van der Waals surface area contributed by atoms with Crippen LogP contribution in [-0.2, 0) is 0 Å². The van der Waals surface area contributed by atoms with E-state index in [-0.39, 0.29) is 11.7 Å². The highest BCUT2D eigenvalue weighted by Gasteiger charge is 2.13. The normalized spacial score (nSPS) is 11.2. The highest BCUT2D eigenvalue weighted by atomic mass is 16.4. The molecule has 1 amide bonds. The van der Waals surface area contributed by atoms with Crippen LogP contribution in [0, 0.1) is 6.92 Å². The average Bonchev–Trinajstić information content (AvgIpc) is 3.32. The van der Waals surface area contributed by atoms with Gasteiger partial charge in [0.1, 0.15) is 11.1 Å². The second-order valence-corrected chi connectivity index (χ2v) is 6.67. The van der Waals surface area contributed by atoms with Gasteiger partial charge in [-0.2, -0.15) is 0 Å². The van der Waals surface area contributed by atoms with E-state index in [0.29, 0.717) is 17.2 Å². The van der Waals surface area contributed by atoms with Crippen LogP contribution in [0.2, 0.25) is 0 Å². The van der Waals surface area contributed by atoms with Crippen LogP contribution in [0.5, 0.6) is 0 Å². The van der Waals surface area contributed by atoms with Crippen molar-refractivity contribution >= 4 is 33.7 Å². The lowest BCUT2D eigenvalue weighted by atomic mass is 10.2. The molecule has 0 saturated carbocycles. The third kappa shape index (κ3) is 2.93. The number of aryl methyl sites for hydroxylation is 1. The molecule has 0 aliphatic heterocycles. The molecule has 0 saturated heterocycles. The molecule has 0 fully saturated rings. The third-order valence-corrected chi connectivity index (χ3v) is 4.58. The van der Waals surface area contributed by atoms with E-state index in [4.69, 9.17) is 8.83 Å². The number of aromatic nitrogens is 1. The standard InChI is InChI=1S/C23H16N2O3/c1-14-6-11-18-20(12-14)28-23(25-18)15-7-9-17(10-8-15)24-22(26)21-13-16-4-2-3-5-19(16)27-21/h2-13H,1H3,(H,24,26). The molecule has 136 valence electrons. The number of nitrogens with one attached hydrogen (secondary N) is 1. The quantitative estimate of drug-likeness (QED) is 0.437. The zero-order chi connectivity index (χ0) is 19.1. The highest BCUT2D eigenvalue weighted by molar-refractivity contribution is 6.04. The van der Waals surface area contributed by atoms with Crippen molar-refractivity contribution in [3.05, 3.63) is 84.1 Å². The number of oxazole rings is 1. The number of hydrogen-bond acceptors (Lipinski definition) is 4. The Morgan fingerprint density at radius 3 is 2.54 bits per heavy atom. The molecule has 0 atom stereocenters. The van der Waals surface area contributed by atoms with Crippen molar-refractivity contribution in [3.63, 3.8) is 0 Å². The molecule has 5 heteroatoms. The first kappa shape index (κ1) is 16.3. The smallest absolute Gasteiger partial charge is 0.291 e. The number of carbonyl (C=O) groups excluding carboxylic acids is 1. The number of anilines is 1. The highest BCUT2D eigenvalue weighted by Crippen LogP contribution is 2.26. The summed E-state index contributed by atoms with van der Waals surface area (Å²) in [7, 11) is 0. The number of hydrogen-bond donors (Lipinski definition) is 1. The van der Waals surface area contributed by atoms with Gasteiger partial charge in [0, 0.05) is 16.6 Å². The lowest BCUT2D eigenvalue weighted by molar-refractivity contribution is 0.0998. The van der Waals surface area contributed by atoms with Crippen LogP contribution in [-0.4, -0.2) is 10.9 Å². The van der Waals surface area contributed by atoms with E-state index in [0.717, 1.165) is 27.6 Å². The van der Waals surface area contributed by atoms with Gasteiger partial charge >= 0.3 is 0 Å². The van der Waals surface area contributed by atoms with Crippen molar-refractivity contribution in [1.82, 2.24) is 4.98 Å². The fraction of sp³-hybridized carbons (Fsp3) is 0.0435. The molecule has 5 aromatic rings. The Hall–Kier alpha value is -3.86. The summed E-state index contributed by atoms with van der Waals surface area (Å²) in [6.45, 7) is 2.01. The van der Waals surface area contributed by atoms with Gasteiger partial charge in [-0.3, -0.25) is 4.79 Å². The Balaban J connectivity index is 1.37. The van der Waals surface area contributed by atoms with E-state index in [1.807, 2.05) is 73.7 Å². The molecule has 3 aromatic carbocycles. The maximum atomic E-state index is 12.5. The first-order chi connectivity index (χ1) is 13.7. The van der Waals surface area contributed by atoms with Crippen LogP contribution in [0.1, 0.15) is 16.1 Å². The van der Waals surface area contributed by atoms with Crippen molar-refractivity contribution in [2.45, 2.75) is 6.92 Å². The van der Waals surface area contributed by atoms with Gasteiger partial charge in [0.15, 0.2) is 11.3 Å². The summed E-state index contributed by atoms with van der Waals surface area (Å²) in [5.41, 5.74) is 4.91. The molecule has 0 aliphatic rings. The molecule has 0 unspecified atom stereocenters. The third-order valence-electron chi connectivity index (χ3n) is 4.58. The first-order valence-corrected chi connectivity index (χ1v) is 8.93. The molecule has 0 bridgehead atoms. The number of carbonyl (C=O) groups is 1. The van der Waals surface area contributed by atoms with Crippen molar-refractivity contribution < 1.29 is 13.6 Å². The average molecular weight is 368 g/mol. The van der Waals surface area contributed by atoms with Crippen molar-refractivity contribution in [2.75, 3.05) is 5.32 Å². The predicted octanol–water partition coefficient (Wildman–Crippen LogP) is 5.80. The van der Waals surface area contributed by atoms with E-state index in [1.54, 1.807) is 6.07 Å². The van der Waals surface area contributed by atoms with Gasteiger partial charge in [0.2, 0.25) is 5.89 Å². The largest absolute Gasteiger partial charge is 0.451 e. The lowest BCUT2D eigenvalue weighted by Gasteiger charge is -2.03. The predicted molar refractivity (Wildman–Crippen MR) is 108 cm³/mol. The Labute approximate surface area is 160 Å². The molecule has 1 N–H and O–H groups in total. The minimum atomic E-state index is -0.290. The minimum absolute atomic E-state index is 0.277. The zero-order valence-electron chi connectivity index (χ0n) is 15.1. The van der Waals surface area contributed by atoms with Gasteiger partial charge in [-0.25, -0.2) is 4.98 Å². The van der Waals surface area contributed by atoms with Crippen LogP contribution >= 0.6 is 0 Å². The second kappa shape index (κ2) is 6.39. The molecule has 2 heterocycles. The van der Waals surface area contributed by atoms with Gasteiger partial charge < -0.3 is 14.2 Å². The van der Waals surface area contributed by atoms with Crippen LogP contribution in [0.25, 0.3) is 33.5 Å². The maximum Gasteiger partial charge on any atom is 0.291 e. The van der Waals surface area contributed by atoms with Gasteiger partial charge in [-0.15, -0.1) is 0 Å². The molecule has 28 heavy (non-hydrogen) atoms. The summed E-state index contributed by atoms with van der Waals surface area (Å²) < 4.78 is 11.4. The fourth-order valence-electron chi connectivity index (χ4n) is 3.14. The number of benzene rings is 3. The molecule has 5 nitrogen and oxygen atoms in total. The van der Waals surface area contributed by atoms with E-state index >= 15 is 0 Å². The lowest BCUT2D eigenvalue weighted by Crippen LogP contribution is -2.10. The maximum absolute atomic E-state index is 12.5. The van der Waals surface area contributed by atoms with Crippen LogP contribution in [0.15, 0.2) is 81.6 Å². The van der Waals surface area contributed by atoms with Crippen LogP contribution < -0.4 is 5.32 Å². The van der Waals surface area contributed by atoms with Crippen molar-refractivity contribution in [3.8, 4) is 11.5 Å². The molecule has 0 aliphatic carbocycles. The molecule has 0 radical (unpaired) electrons. The summed E-state index contributed by atoms with van der Waals surface area (Å²) in [5, 5.41) is 3.75. The van der Waals surface area contributed by atoms with E-state index in [2.05, 4.69) is 10.3 Å². The van der Waals surface area contributed by atoms with Gasteiger partial charge in [-0.05, 0) is 61.0 Å². The number of furan rings is 1. The molecule has 5 rings (SSSR count). The monoisotopic (exact) mass is 368 g/mol.